The zero-order valence-electron chi connectivity index (χ0n) is 16.2. The van der Waals surface area contributed by atoms with E-state index >= 15 is 0 Å². The molecule has 0 radical (unpaired) electrons. The molecule has 1 aromatic heterocycles. The third-order valence-corrected chi connectivity index (χ3v) is 12.4. The smallest absolute Gasteiger partial charge is 0.0777 e. The second-order valence-electron chi connectivity index (χ2n) is 9.04. The van der Waals surface area contributed by atoms with Crippen LogP contribution in [0.15, 0.2) is 60.7 Å². The quantitative estimate of drug-likeness (QED) is 0.350. The summed E-state index contributed by atoms with van der Waals surface area (Å²) in [6, 6.07) is 18.1. The van der Waals surface area contributed by atoms with E-state index in [-0.39, 0.29) is 0 Å². The zero-order chi connectivity index (χ0) is 17.9. The van der Waals surface area contributed by atoms with Crippen molar-refractivity contribution in [3.63, 3.8) is 0 Å². The summed E-state index contributed by atoms with van der Waals surface area (Å²) in [6.07, 6.45) is 9.14. The largest absolute Gasteiger partial charge is 0.340 e. The van der Waals surface area contributed by atoms with Crippen LogP contribution < -0.4 is 0 Å². The number of hydrogen-bond acceptors (Lipinski definition) is 0. The van der Waals surface area contributed by atoms with E-state index in [1.807, 2.05) is 0 Å². The number of rotatable bonds is 4. The molecule has 1 nitrogen and oxygen atoms in total. The summed E-state index contributed by atoms with van der Waals surface area (Å²) in [7, 11) is -1.48. The Bertz CT molecular complexity index is 943. The van der Waals surface area contributed by atoms with Crippen molar-refractivity contribution in [2.24, 2.45) is 11.8 Å². The van der Waals surface area contributed by atoms with Crippen molar-refractivity contribution in [2.75, 3.05) is 0 Å². The monoisotopic (exact) mass is 359 g/mol. The zero-order valence-corrected chi connectivity index (χ0v) is 17.2. The maximum Gasteiger partial charge on any atom is 0.0777 e. The van der Waals surface area contributed by atoms with Gasteiger partial charge >= 0.3 is 0 Å². The first-order chi connectivity index (χ1) is 12.6. The fraction of sp³-hybridized carbons (Fsp3) is 0.417. The number of fused-ring (bicyclic) bond motifs is 5. The molecule has 0 spiro atoms. The Morgan fingerprint density at radius 1 is 0.923 bits per heavy atom. The van der Waals surface area contributed by atoms with Gasteiger partial charge in [0.1, 0.15) is 0 Å². The molecule has 5 rings (SSSR count). The van der Waals surface area contributed by atoms with Gasteiger partial charge in [0, 0.05) is 27.5 Å². The van der Waals surface area contributed by atoms with E-state index in [0.29, 0.717) is 5.67 Å². The molecule has 0 N–H and O–H groups in total. The molecule has 134 valence electrons. The van der Waals surface area contributed by atoms with Gasteiger partial charge in [-0.15, -0.1) is 0 Å². The number of nitrogens with zero attached hydrogens (tertiary/aromatic N) is 1. The van der Waals surface area contributed by atoms with Gasteiger partial charge < -0.3 is 4.57 Å². The van der Waals surface area contributed by atoms with E-state index in [9.17, 15) is 0 Å². The Kier molecular flexibility index (Phi) is 3.69. The normalized spacial score (nSPS) is 26.2. The Balaban J connectivity index is 1.70. The van der Waals surface area contributed by atoms with Crippen molar-refractivity contribution in [1.29, 1.82) is 0 Å². The first-order valence-electron chi connectivity index (χ1n) is 10.3. The Labute approximate surface area is 157 Å². The van der Waals surface area contributed by atoms with Gasteiger partial charge in [-0.25, -0.2) is 0 Å². The van der Waals surface area contributed by atoms with Gasteiger partial charge in [-0.1, -0.05) is 68.6 Å². The lowest BCUT2D eigenvalue weighted by Crippen LogP contribution is -2.44. The molecule has 2 heteroatoms. The van der Waals surface area contributed by atoms with Gasteiger partial charge in [0.25, 0.3) is 0 Å². The summed E-state index contributed by atoms with van der Waals surface area (Å²) >= 11 is 0. The molecule has 2 aliphatic carbocycles. The molecule has 2 aliphatic rings. The van der Waals surface area contributed by atoms with Gasteiger partial charge in [0.15, 0.2) is 0 Å². The fourth-order valence-corrected chi connectivity index (χ4v) is 11.0. The molecule has 0 aliphatic heterocycles. The summed E-state index contributed by atoms with van der Waals surface area (Å²) in [6.45, 7) is 7.75. The van der Waals surface area contributed by atoms with Crippen LogP contribution >= 0.6 is 0 Å². The van der Waals surface area contributed by atoms with Gasteiger partial charge in [0.05, 0.1) is 8.07 Å². The first-order valence-corrected chi connectivity index (χ1v) is 13.4. The molecule has 4 unspecified atom stereocenters. The molecular weight excluding hydrogens is 330 g/mol. The van der Waals surface area contributed by atoms with E-state index in [1.54, 1.807) is 0 Å². The topological polar surface area (TPSA) is 4.93 Å². The number of aromatic nitrogens is 1. The maximum atomic E-state index is 2.73. The highest BCUT2D eigenvalue weighted by Crippen LogP contribution is 2.55. The third-order valence-electron chi connectivity index (χ3n) is 7.41. The van der Waals surface area contributed by atoms with Gasteiger partial charge in [-0.3, -0.25) is 0 Å². The van der Waals surface area contributed by atoms with Gasteiger partial charge in [0.2, 0.25) is 0 Å². The minimum Gasteiger partial charge on any atom is -0.340 e. The van der Waals surface area contributed by atoms with Crippen LogP contribution in [0.25, 0.3) is 21.8 Å². The molecule has 4 atom stereocenters. The van der Waals surface area contributed by atoms with Crippen molar-refractivity contribution in [3.05, 3.63) is 60.7 Å². The van der Waals surface area contributed by atoms with Crippen molar-refractivity contribution in [1.82, 2.24) is 4.57 Å². The van der Waals surface area contributed by atoms with E-state index in [2.05, 4.69) is 85.3 Å². The van der Waals surface area contributed by atoms with Crippen molar-refractivity contribution >= 4 is 29.9 Å². The summed E-state index contributed by atoms with van der Waals surface area (Å²) < 4.78 is 2.73. The number of benzene rings is 2. The van der Waals surface area contributed by atoms with Crippen molar-refractivity contribution < 1.29 is 0 Å². The van der Waals surface area contributed by atoms with Crippen LogP contribution in [0, 0.1) is 11.8 Å². The molecule has 3 aromatic rings. The van der Waals surface area contributed by atoms with E-state index < -0.39 is 8.07 Å². The Morgan fingerprint density at radius 2 is 1.54 bits per heavy atom. The van der Waals surface area contributed by atoms with Crippen LogP contribution in [0.2, 0.25) is 18.6 Å². The molecule has 2 bridgehead atoms. The standard InChI is InChI=1S/C24H29NSi/c1-4-24(26(2,3)23-16-17-13-14-18(23)15-17)25-21-11-7-5-9-19(21)20-10-6-8-12-22(20)25/h5-14,17-18,23-24H,4,15-16H2,1-3H3. The summed E-state index contributed by atoms with van der Waals surface area (Å²) in [5.41, 5.74) is 4.45. The molecular formula is C24H29NSi. The summed E-state index contributed by atoms with van der Waals surface area (Å²) in [5.74, 6) is 1.72. The predicted molar refractivity (Wildman–Crippen MR) is 115 cm³/mol. The van der Waals surface area contributed by atoms with Crippen LogP contribution in [-0.4, -0.2) is 12.6 Å². The highest BCUT2D eigenvalue weighted by molar-refractivity contribution is 6.79. The minimum atomic E-state index is -1.48. The highest BCUT2D eigenvalue weighted by atomic mass is 28.3. The lowest BCUT2D eigenvalue weighted by Gasteiger charge is -2.41. The molecule has 0 amide bonds. The summed E-state index contributed by atoms with van der Waals surface area (Å²) in [4.78, 5) is 0. The average molecular weight is 360 g/mol. The third kappa shape index (κ3) is 2.21. The molecule has 0 saturated heterocycles. The van der Waals surface area contributed by atoms with E-state index in [0.717, 1.165) is 17.4 Å². The van der Waals surface area contributed by atoms with Crippen LogP contribution in [0.3, 0.4) is 0 Å². The molecule has 1 fully saturated rings. The first kappa shape index (κ1) is 16.4. The predicted octanol–water partition coefficient (Wildman–Crippen LogP) is 6.96. The van der Waals surface area contributed by atoms with E-state index in [4.69, 9.17) is 0 Å². The van der Waals surface area contributed by atoms with Gasteiger partial charge in [-0.05, 0) is 48.8 Å². The molecule has 1 saturated carbocycles. The lowest BCUT2D eigenvalue weighted by atomic mass is 10.1. The lowest BCUT2D eigenvalue weighted by molar-refractivity contribution is 0.593. The van der Waals surface area contributed by atoms with Crippen LogP contribution in [0.5, 0.6) is 0 Å². The second kappa shape index (κ2) is 5.85. The SMILES string of the molecule is CCC(n1c2ccccc2c2ccccc21)[Si](C)(C)C1CC2C=CC1C2. The Hall–Kier alpha value is -1.80. The number of para-hydroxylation sites is 2. The second-order valence-corrected chi connectivity index (χ2v) is 14.1. The van der Waals surface area contributed by atoms with Crippen molar-refractivity contribution in [2.45, 2.75) is 50.5 Å². The maximum absolute atomic E-state index is 2.73. The summed E-state index contributed by atoms with van der Waals surface area (Å²) in [5, 5.41) is 2.83. The molecule has 26 heavy (non-hydrogen) atoms. The molecule has 2 aromatic carbocycles. The average Bonchev–Trinajstić information content (AvgIpc) is 3.36. The number of allylic oxidation sites excluding steroid dienone is 2. The van der Waals surface area contributed by atoms with Crippen molar-refractivity contribution in [3.8, 4) is 0 Å². The number of hydrogen-bond donors (Lipinski definition) is 0. The van der Waals surface area contributed by atoms with Crippen LogP contribution in [-0.2, 0) is 0 Å². The highest BCUT2D eigenvalue weighted by Gasteiger charge is 2.48. The van der Waals surface area contributed by atoms with Gasteiger partial charge in [-0.2, -0.15) is 0 Å². The fourth-order valence-electron chi connectivity index (χ4n) is 6.21. The van der Waals surface area contributed by atoms with Crippen LogP contribution in [0.4, 0.5) is 0 Å². The minimum absolute atomic E-state index is 0.657. The Morgan fingerprint density at radius 3 is 2.04 bits per heavy atom. The van der Waals surface area contributed by atoms with Crippen LogP contribution in [0.1, 0.15) is 31.9 Å². The molecule has 1 heterocycles. The van der Waals surface area contributed by atoms with E-state index in [1.165, 1.54) is 41.1 Å².